The summed E-state index contributed by atoms with van der Waals surface area (Å²) < 4.78 is 1.23. The topological polar surface area (TPSA) is 33.1 Å². The maximum absolute atomic E-state index is 8.69. The van der Waals surface area contributed by atoms with Crippen molar-refractivity contribution in [2.75, 3.05) is 6.61 Å². The first-order chi connectivity index (χ1) is 6.40. The molecule has 2 aromatic rings. The lowest BCUT2D eigenvalue weighted by atomic mass is 10.1. The number of aliphatic hydroxyl groups excluding tert-OH is 1. The van der Waals surface area contributed by atoms with Gasteiger partial charge < -0.3 is 5.11 Å². The molecule has 0 saturated heterocycles. The van der Waals surface area contributed by atoms with Crippen LogP contribution in [0.1, 0.15) is 12.0 Å². The van der Waals surface area contributed by atoms with Crippen LogP contribution in [0.4, 0.5) is 0 Å². The molecule has 0 amide bonds. The van der Waals surface area contributed by atoms with Gasteiger partial charge in [0, 0.05) is 6.61 Å². The maximum Gasteiger partial charge on any atom is 0.0814 e. The smallest absolute Gasteiger partial charge is 0.0814 e. The van der Waals surface area contributed by atoms with Crippen LogP contribution in [0.3, 0.4) is 0 Å². The lowest BCUT2D eigenvalue weighted by Gasteiger charge is -1.98. The van der Waals surface area contributed by atoms with Gasteiger partial charge in [-0.3, -0.25) is 0 Å². The van der Waals surface area contributed by atoms with Gasteiger partial charge in [-0.2, -0.15) is 0 Å². The molecular weight excluding hydrogens is 182 g/mol. The lowest BCUT2D eigenvalue weighted by Crippen LogP contribution is -1.88. The van der Waals surface area contributed by atoms with E-state index in [-0.39, 0.29) is 6.61 Å². The Kier molecular flexibility index (Phi) is 2.57. The summed E-state index contributed by atoms with van der Waals surface area (Å²) >= 11 is 1.66. The second-order valence-electron chi connectivity index (χ2n) is 2.98. The summed E-state index contributed by atoms with van der Waals surface area (Å²) in [5.41, 5.74) is 4.19. The van der Waals surface area contributed by atoms with Gasteiger partial charge in [0.1, 0.15) is 0 Å². The van der Waals surface area contributed by atoms with Gasteiger partial charge in [-0.25, -0.2) is 4.98 Å². The van der Waals surface area contributed by atoms with E-state index in [1.54, 1.807) is 11.3 Å². The quantitative estimate of drug-likeness (QED) is 0.810. The number of hydrogen-bond acceptors (Lipinski definition) is 3. The summed E-state index contributed by atoms with van der Waals surface area (Å²) in [4.78, 5) is 4.24. The molecule has 1 aromatic carbocycles. The van der Waals surface area contributed by atoms with E-state index in [4.69, 9.17) is 5.11 Å². The SMILES string of the molecule is OCCCc1ccc2scnc2c1. The van der Waals surface area contributed by atoms with Crippen LogP contribution in [-0.2, 0) is 6.42 Å². The first kappa shape index (κ1) is 8.66. The number of nitrogens with zero attached hydrogens (tertiary/aromatic N) is 1. The predicted octanol–water partition coefficient (Wildman–Crippen LogP) is 2.22. The van der Waals surface area contributed by atoms with E-state index in [0.717, 1.165) is 18.4 Å². The number of thiazole rings is 1. The van der Waals surface area contributed by atoms with Crippen molar-refractivity contribution in [2.24, 2.45) is 0 Å². The van der Waals surface area contributed by atoms with Crippen LogP contribution in [0.5, 0.6) is 0 Å². The largest absolute Gasteiger partial charge is 0.396 e. The van der Waals surface area contributed by atoms with Crippen molar-refractivity contribution in [2.45, 2.75) is 12.8 Å². The molecule has 0 aliphatic carbocycles. The van der Waals surface area contributed by atoms with Crippen molar-refractivity contribution in [1.82, 2.24) is 4.98 Å². The summed E-state index contributed by atoms with van der Waals surface area (Å²) in [7, 11) is 0. The summed E-state index contributed by atoms with van der Waals surface area (Å²) in [5.74, 6) is 0. The van der Waals surface area contributed by atoms with E-state index in [0.29, 0.717) is 0 Å². The molecule has 3 heteroatoms. The van der Waals surface area contributed by atoms with Crippen molar-refractivity contribution in [3.63, 3.8) is 0 Å². The second-order valence-corrected chi connectivity index (χ2v) is 3.87. The molecule has 0 spiro atoms. The minimum absolute atomic E-state index is 0.259. The molecule has 0 bridgehead atoms. The molecule has 0 aliphatic heterocycles. The number of benzene rings is 1. The fourth-order valence-corrected chi connectivity index (χ4v) is 2.00. The Morgan fingerprint density at radius 1 is 1.38 bits per heavy atom. The molecule has 2 nitrogen and oxygen atoms in total. The highest BCUT2D eigenvalue weighted by molar-refractivity contribution is 7.16. The predicted molar refractivity (Wildman–Crippen MR) is 55.0 cm³/mol. The summed E-state index contributed by atoms with van der Waals surface area (Å²) in [6, 6.07) is 6.30. The zero-order valence-corrected chi connectivity index (χ0v) is 8.05. The highest BCUT2D eigenvalue weighted by Crippen LogP contribution is 2.19. The van der Waals surface area contributed by atoms with E-state index in [9.17, 15) is 0 Å². The third kappa shape index (κ3) is 1.87. The van der Waals surface area contributed by atoms with E-state index in [2.05, 4.69) is 23.2 Å². The van der Waals surface area contributed by atoms with Gasteiger partial charge in [-0.15, -0.1) is 11.3 Å². The molecule has 0 saturated carbocycles. The molecule has 13 heavy (non-hydrogen) atoms. The normalized spacial score (nSPS) is 10.8. The molecule has 1 N–H and O–H groups in total. The summed E-state index contributed by atoms with van der Waals surface area (Å²) in [5, 5.41) is 8.69. The van der Waals surface area contributed by atoms with Crippen LogP contribution in [0.2, 0.25) is 0 Å². The maximum atomic E-state index is 8.69. The Bertz CT molecular complexity index is 396. The minimum atomic E-state index is 0.259. The number of aliphatic hydroxyl groups is 1. The molecular formula is C10H11NOS. The third-order valence-electron chi connectivity index (χ3n) is 2.02. The average molecular weight is 193 g/mol. The van der Waals surface area contributed by atoms with Gasteiger partial charge in [0.15, 0.2) is 0 Å². The Morgan fingerprint density at radius 3 is 3.15 bits per heavy atom. The fraction of sp³-hybridized carbons (Fsp3) is 0.300. The van der Waals surface area contributed by atoms with Crippen molar-refractivity contribution >= 4 is 21.6 Å². The van der Waals surface area contributed by atoms with Gasteiger partial charge in [0.2, 0.25) is 0 Å². The lowest BCUT2D eigenvalue weighted by molar-refractivity contribution is 0.288. The van der Waals surface area contributed by atoms with Crippen LogP contribution < -0.4 is 0 Å². The van der Waals surface area contributed by atoms with Gasteiger partial charge in [0.05, 0.1) is 15.7 Å². The number of fused-ring (bicyclic) bond motifs is 1. The van der Waals surface area contributed by atoms with Crippen LogP contribution in [0, 0.1) is 0 Å². The molecule has 1 heterocycles. The van der Waals surface area contributed by atoms with Gasteiger partial charge in [0.25, 0.3) is 0 Å². The first-order valence-electron chi connectivity index (χ1n) is 4.33. The summed E-state index contributed by atoms with van der Waals surface area (Å²) in [6.07, 6.45) is 1.76. The molecule has 2 rings (SSSR count). The van der Waals surface area contributed by atoms with Crippen molar-refractivity contribution in [3.8, 4) is 0 Å². The Hall–Kier alpha value is -0.930. The zero-order chi connectivity index (χ0) is 9.10. The van der Waals surface area contributed by atoms with Crippen LogP contribution in [0.15, 0.2) is 23.7 Å². The van der Waals surface area contributed by atoms with Crippen LogP contribution >= 0.6 is 11.3 Å². The summed E-state index contributed by atoms with van der Waals surface area (Å²) in [6.45, 7) is 0.259. The van der Waals surface area contributed by atoms with Crippen LogP contribution in [-0.4, -0.2) is 16.7 Å². The minimum Gasteiger partial charge on any atom is -0.396 e. The fourth-order valence-electron chi connectivity index (χ4n) is 1.34. The molecule has 0 fully saturated rings. The van der Waals surface area contributed by atoms with Crippen molar-refractivity contribution in [3.05, 3.63) is 29.3 Å². The number of aromatic nitrogens is 1. The number of rotatable bonds is 3. The third-order valence-corrected chi connectivity index (χ3v) is 2.83. The molecule has 1 aromatic heterocycles. The highest BCUT2D eigenvalue weighted by atomic mass is 32.1. The van der Waals surface area contributed by atoms with E-state index in [1.807, 2.05) is 5.51 Å². The van der Waals surface area contributed by atoms with Gasteiger partial charge >= 0.3 is 0 Å². The monoisotopic (exact) mass is 193 g/mol. The Balaban J connectivity index is 2.26. The highest BCUT2D eigenvalue weighted by Gasteiger charge is 1.98. The number of aryl methyl sites for hydroxylation is 1. The number of hydrogen-bond donors (Lipinski definition) is 1. The standard InChI is InChI=1S/C10H11NOS/c12-5-1-2-8-3-4-10-9(6-8)11-7-13-10/h3-4,6-7,12H,1-2,5H2. The molecule has 68 valence electrons. The van der Waals surface area contributed by atoms with Gasteiger partial charge in [-0.05, 0) is 30.5 Å². The molecule has 0 unspecified atom stereocenters. The van der Waals surface area contributed by atoms with Gasteiger partial charge in [-0.1, -0.05) is 6.07 Å². The molecule has 0 atom stereocenters. The van der Waals surface area contributed by atoms with E-state index in [1.165, 1.54) is 10.3 Å². The Labute approximate surface area is 80.9 Å². The van der Waals surface area contributed by atoms with E-state index < -0.39 is 0 Å². The van der Waals surface area contributed by atoms with Crippen molar-refractivity contribution < 1.29 is 5.11 Å². The van der Waals surface area contributed by atoms with Crippen molar-refractivity contribution in [1.29, 1.82) is 0 Å². The molecule has 0 radical (unpaired) electrons. The molecule has 0 aliphatic rings. The second kappa shape index (κ2) is 3.85. The zero-order valence-electron chi connectivity index (χ0n) is 7.23. The Morgan fingerprint density at radius 2 is 2.31 bits per heavy atom. The first-order valence-corrected chi connectivity index (χ1v) is 5.21. The van der Waals surface area contributed by atoms with E-state index >= 15 is 0 Å². The van der Waals surface area contributed by atoms with Crippen LogP contribution in [0.25, 0.3) is 10.2 Å². The average Bonchev–Trinajstić information content (AvgIpc) is 2.61.